The summed E-state index contributed by atoms with van der Waals surface area (Å²) in [5.41, 5.74) is 2.95. The Labute approximate surface area is 142 Å². The van der Waals surface area contributed by atoms with Crippen molar-refractivity contribution >= 4 is 28.9 Å². The maximum Gasteiger partial charge on any atom is 0.225 e. The highest BCUT2D eigenvalue weighted by Gasteiger charge is 2.03. The Kier molecular flexibility index (Phi) is 6.44. The molecule has 122 valence electrons. The highest BCUT2D eigenvalue weighted by Crippen LogP contribution is 2.16. The molecule has 2 N–H and O–H groups in total. The molecule has 0 aromatic heterocycles. The van der Waals surface area contributed by atoms with Crippen LogP contribution in [0.2, 0.25) is 5.02 Å². The van der Waals surface area contributed by atoms with E-state index >= 15 is 0 Å². The Balaban J connectivity index is 1.72. The number of hydrogen-bond donors (Lipinski definition) is 2. The molecule has 0 aliphatic carbocycles. The van der Waals surface area contributed by atoms with E-state index in [1.165, 1.54) is 0 Å². The molecule has 0 aliphatic heterocycles. The van der Waals surface area contributed by atoms with E-state index in [1.807, 2.05) is 67.5 Å². The van der Waals surface area contributed by atoms with Gasteiger partial charge in [0.15, 0.2) is 0 Å². The first-order valence-electron chi connectivity index (χ1n) is 7.57. The van der Waals surface area contributed by atoms with E-state index < -0.39 is 0 Å². The minimum atomic E-state index is -0.00531. The van der Waals surface area contributed by atoms with Crippen LogP contribution in [0.25, 0.3) is 0 Å². The third-order valence-electron chi connectivity index (χ3n) is 3.47. The molecule has 0 fully saturated rings. The lowest BCUT2D eigenvalue weighted by molar-refractivity contribution is -0.116. The van der Waals surface area contributed by atoms with Gasteiger partial charge in [-0.05, 0) is 35.9 Å². The number of rotatable bonds is 7. The molecule has 0 spiro atoms. The number of nitrogens with zero attached hydrogens (tertiary/aromatic N) is 1. The first-order valence-corrected chi connectivity index (χ1v) is 7.95. The van der Waals surface area contributed by atoms with Gasteiger partial charge in [-0.3, -0.25) is 4.79 Å². The quantitative estimate of drug-likeness (QED) is 0.763. The van der Waals surface area contributed by atoms with Gasteiger partial charge in [0, 0.05) is 50.0 Å². The van der Waals surface area contributed by atoms with Crippen molar-refractivity contribution in [3.05, 3.63) is 59.1 Å². The second-order valence-electron chi connectivity index (χ2n) is 5.51. The van der Waals surface area contributed by atoms with Gasteiger partial charge >= 0.3 is 0 Å². The van der Waals surface area contributed by atoms with Gasteiger partial charge in [-0.1, -0.05) is 29.8 Å². The second kappa shape index (κ2) is 8.56. The van der Waals surface area contributed by atoms with Crippen LogP contribution in [0.3, 0.4) is 0 Å². The van der Waals surface area contributed by atoms with Gasteiger partial charge < -0.3 is 15.5 Å². The number of benzene rings is 2. The predicted octanol–water partition coefficient (Wildman–Crippen LogP) is 3.52. The van der Waals surface area contributed by atoms with Crippen molar-refractivity contribution in [3.8, 4) is 0 Å². The fraction of sp³-hybridized carbons (Fsp3) is 0.278. The molecule has 0 heterocycles. The molecule has 23 heavy (non-hydrogen) atoms. The first-order chi connectivity index (χ1) is 11.1. The molecular formula is C18H22ClN3O. The van der Waals surface area contributed by atoms with Gasteiger partial charge in [-0.2, -0.15) is 0 Å². The zero-order valence-corrected chi connectivity index (χ0v) is 14.2. The highest BCUT2D eigenvalue weighted by molar-refractivity contribution is 6.31. The smallest absolute Gasteiger partial charge is 0.225 e. The van der Waals surface area contributed by atoms with Crippen LogP contribution in [0.1, 0.15) is 12.0 Å². The van der Waals surface area contributed by atoms with Crippen LogP contribution in [0.4, 0.5) is 11.4 Å². The Hall–Kier alpha value is -2.04. The van der Waals surface area contributed by atoms with Crippen LogP contribution in [0, 0.1) is 0 Å². The third kappa shape index (κ3) is 5.58. The zero-order valence-electron chi connectivity index (χ0n) is 13.5. The van der Waals surface area contributed by atoms with E-state index in [4.69, 9.17) is 11.6 Å². The zero-order chi connectivity index (χ0) is 16.7. The predicted molar refractivity (Wildman–Crippen MR) is 97.2 cm³/mol. The molecule has 0 saturated heterocycles. The molecule has 0 bridgehead atoms. The number of nitrogens with one attached hydrogen (secondary N) is 2. The van der Waals surface area contributed by atoms with Gasteiger partial charge in [0.25, 0.3) is 0 Å². The van der Waals surface area contributed by atoms with E-state index in [2.05, 4.69) is 10.6 Å². The molecule has 0 atom stereocenters. The SMILES string of the molecule is CN(C)c1ccc(NC(=O)CCNCc2ccccc2Cl)cc1. The summed E-state index contributed by atoms with van der Waals surface area (Å²) in [7, 11) is 3.97. The molecule has 0 aliphatic rings. The summed E-state index contributed by atoms with van der Waals surface area (Å²) in [4.78, 5) is 13.9. The first kappa shape index (κ1) is 17.3. The fourth-order valence-electron chi connectivity index (χ4n) is 2.13. The van der Waals surface area contributed by atoms with Gasteiger partial charge in [0.05, 0.1) is 0 Å². The van der Waals surface area contributed by atoms with Crippen molar-refractivity contribution in [3.63, 3.8) is 0 Å². The third-order valence-corrected chi connectivity index (χ3v) is 3.84. The van der Waals surface area contributed by atoms with Crippen LogP contribution >= 0.6 is 11.6 Å². The summed E-state index contributed by atoms with van der Waals surface area (Å²) in [5, 5.41) is 6.87. The molecule has 2 aromatic carbocycles. The van der Waals surface area contributed by atoms with Gasteiger partial charge in [-0.15, -0.1) is 0 Å². The van der Waals surface area contributed by atoms with E-state index in [0.29, 0.717) is 19.5 Å². The van der Waals surface area contributed by atoms with Crippen LogP contribution < -0.4 is 15.5 Å². The number of amides is 1. The van der Waals surface area contributed by atoms with Crippen LogP contribution in [-0.2, 0) is 11.3 Å². The Morgan fingerprint density at radius 2 is 1.78 bits per heavy atom. The lowest BCUT2D eigenvalue weighted by Crippen LogP contribution is -2.21. The molecule has 0 saturated carbocycles. The monoisotopic (exact) mass is 331 g/mol. The molecule has 4 nitrogen and oxygen atoms in total. The van der Waals surface area contributed by atoms with Crippen molar-refractivity contribution in [2.75, 3.05) is 30.9 Å². The molecule has 1 amide bonds. The summed E-state index contributed by atoms with van der Waals surface area (Å²) < 4.78 is 0. The molecule has 2 rings (SSSR count). The number of halogens is 1. The Morgan fingerprint density at radius 1 is 1.09 bits per heavy atom. The Morgan fingerprint density at radius 3 is 2.43 bits per heavy atom. The minimum Gasteiger partial charge on any atom is -0.378 e. The van der Waals surface area contributed by atoms with E-state index in [9.17, 15) is 4.79 Å². The Bertz CT molecular complexity index is 641. The summed E-state index contributed by atoms with van der Waals surface area (Å²) in [6.45, 7) is 1.26. The standard InChI is InChI=1S/C18H22ClN3O/c1-22(2)16-9-7-15(8-10-16)21-18(23)11-12-20-13-14-5-3-4-6-17(14)19/h3-10,20H,11-13H2,1-2H3,(H,21,23). The van der Waals surface area contributed by atoms with Crippen LogP contribution in [-0.4, -0.2) is 26.5 Å². The number of anilines is 2. The van der Waals surface area contributed by atoms with Crippen molar-refractivity contribution in [2.45, 2.75) is 13.0 Å². The van der Waals surface area contributed by atoms with Crippen molar-refractivity contribution < 1.29 is 4.79 Å². The van der Waals surface area contributed by atoms with Crippen LogP contribution in [0.5, 0.6) is 0 Å². The molecule has 5 heteroatoms. The minimum absolute atomic E-state index is 0.00531. The lowest BCUT2D eigenvalue weighted by Gasteiger charge is -2.13. The normalized spacial score (nSPS) is 10.4. The van der Waals surface area contributed by atoms with Gasteiger partial charge in [-0.25, -0.2) is 0 Å². The average Bonchev–Trinajstić information content (AvgIpc) is 2.53. The highest BCUT2D eigenvalue weighted by atomic mass is 35.5. The lowest BCUT2D eigenvalue weighted by atomic mass is 10.2. The van der Waals surface area contributed by atoms with Crippen molar-refractivity contribution in [2.24, 2.45) is 0 Å². The topological polar surface area (TPSA) is 44.4 Å². The fourth-order valence-corrected chi connectivity index (χ4v) is 2.34. The summed E-state index contributed by atoms with van der Waals surface area (Å²) in [6.07, 6.45) is 0.417. The maximum atomic E-state index is 11.9. The molecular weight excluding hydrogens is 310 g/mol. The average molecular weight is 332 g/mol. The largest absolute Gasteiger partial charge is 0.378 e. The molecule has 0 unspecified atom stereocenters. The summed E-state index contributed by atoms with van der Waals surface area (Å²) >= 11 is 6.09. The van der Waals surface area contributed by atoms with E-state index in [0.717, 1.165) is 22.0 Å². The van der Waals surface area contributed by atoms with Crippen molar-refractivity contribution in [1.82, 2.24) is 5.32 Å². The van der Waals surface area contributed by atoms with E-state index in [-0.39, 0.29) is 5.91 Å². The van der Waals surface area contributed by atoms with Gasteiger partial charge in [0.2, 0.25) is 5.91 Å². The van der Waals surface area contributed by atoms with E-state index in [1.54, 1.807) is 0 Å². The molecule has 2 aromatic rings. The summed E-state index contributed by atoms with van der Waals surface area (Å²) in [5.74, 6) is -0.00531. The maximum absolute atomic E-state index is 11.9. The molecule has 0 radical (unpaired) electrons. The number of carbonyl (C=O) groups is 1. The van der Waals surface area contributed by atoms with Crippen LogP contribution in [0.15, 0.2) is 48.5 Å². The summed E-state index contributed by atoms with van der Waals surface area (Å²) in [6, 6.07) is 15.5. The second-order valence-corrected chi connectivity index (χ2v) is 5.91. The number of hydrogen-bond acceptors (Lipinski definition) is 3. The van der Waals surface area contributed by atoms with Gasteiger partial charge in [0.1, 0.15) is 0 Å². The number of carbonyl (C=O) groups excluding carboxylic acids is 1. The van der Waals surface area contributed by atoms with Crippen molar-refractivity contribution in [1.29, 1.82) is 0 Å².